The Hall–Kier alpha value is -2.34. The molecular weight excluding hydrogens is 250 g/mol. The van der Waals surface area contributed by atoms with Crippen molar-refractivity contribution in [3.05, 3.63) is 35.9 Å². The lowest BCUT2D eigenvalue weighted by atomic mass is 10.2. The van der Waals surface area contributed by atoms with E-state index in [9.17, 15) is 9.59 Å². The molecular formula is C13H15NO5. The number of aliphatic hydroxyl groups excluding tert-OH is 1. The van der Waals surface area contributed by atoms with E-state index in [0.29, 0.717) is 0 Å². The van der Waals surface area contributed by atoms with Gasteiger partial charge in [-0.05, 0) is 23.8 Å². The topological polar surface area (TPSA) is 107 Å². The normalized spacial score (nSPS) is 12.3. The number of benzene rings is 1. The predicted molar refractivity (Wildman–Crippen MR) is 68.4 cm³/mol. The van der Waals surface area contributed by atoms with E-state index in [1.54, 1.807) is 18.2 Å². The first-order chi connectivity index (χ1) is 8.99. The van der Waals surface area contributed by atoms with Crippen LogP contribution in [-0.2, 0) is 9.59 Å². The number of aliphatic hydroxyl groups is 1. The van der Waals surface area contributed by atoms with E-state index in [2.05, 4.69) is 5.32 Å². The maximum absolute atomic E-state index is 11.4. The summed E-state index contributed by atoms with van der Waals surface area (Å²) in [5.41, 5.74) is 0.749. The molecule has 102 valence electrons. The van der Waals surface area contributed by atoms with Crippen molar-refractivity contribution >= 4 is 18.0 Å². The average Bonchev–Trinajstić information content (AvgIpc) is 2.37. The molecule has 0 radical (unpaired) electrons. The van der Waals surface area contributed by atoms with Crippen LogP contribution >= 0.6 is 0 Å². The molecule has 19 heavy (non-hydrogen) atoms. The third-order valence-electron chi connectivity index (χ3n) is 2.32. The maximum Gasteiger partial charge on any atom is 0.332 e. The van der Waals surface area contributed by atoms with Crippen LogP contribution < -0.4 is 5.32 Å². The van der Waals surface area contributed by atoms with Gasteiger partial charge in [-0.1, -0.05) is 12.1 Å². The molecule has 6 heteroatoms. The highest BCUT2D eigenvalue weighted by molar-refractivity contribution is 5.91. The van der Waals surface area contributed by atoms with Crippen molar-refractivity contribution in [2.45, 2.75) is 12.5 Å². The number of carbonyl (C=O) groups excluding carboxylic acids is 1. The minimum atomic E-state index is -1.47. The van der Waals surface area contributed by atoms with Gasteiger partial charge in [-0.2, -0.15) is 0 Å². The van der Waals surface area contributed by atoms with Crippen molar-refractivity contribution in [2.24, 2.45) is 0 Å². The third-order valence-corrected chi connectivity index (χ3v) is 2.32. The second-order valence-electron chi connectivity index (χ2n) is 3.86. The minimum absolute atomic E-state index is 0.0475. The van der Waals surface area contributed by atoms with Gasteiger partial charge in [0.2, 0.25) is 5.91 Å². The molecule has 0 saturated carbocycles. The van der Waals surface area contributed by atoms with E-state index >= 15 is 0 Å². The first kappa shape index (κ1) is 14.7. The molecule has 6 nitrogen and oxygen atoms in total. The number of hydrogen-bond donors (Lipinski definition) is 4. The molecule has 0 aliphatic carbocycles. The molecule has 1 unspecified atom stereocenters. The number of carbonyl (C=O) groups is 2. The summed E-state index contributed by atoms with van der Waals surface area (Å²) in [7, 11) is 0. The van der Waals surface area contributed by atoms with E-state index in [4.69, 9.17) is 15.3 Å². The first-order valence-corrected chi connectivity index (χ1v) is 5.65. The van der Waals surface area contributed by atoms with E-state index in [1.807, 2.05) is 0 Å². The number of nitrogens with one attached hydrogen (secondary N) is 1. The van der Waals surface area contributed by atoms with Gasteiger partial charge in [0.1, 0.15) is 5.75 Å². The number of aliphatic carboxylic acids is 1. The summed E-state index contributed by atoms with van der Waals surface area (Å²) >= 11 is 0. The fourth-order valence-corrected chi connectivity index (χ4v) is 1.27. The zero-order chi connectivity index (χ0) is 14.3. The van der Waals surface area contributed by atoms with Crippen molar-refractivity contribution in [3.63, 3.8) is 0 Å². The van der Waals surface area contributed by atoms with Gasteiger partial charge in [0.25, 0.3) is 0 Å². The Morgan fingerprint density at radius 1 is 1.26 bits per heavy atom. The first-order valence-electron chi connectivity index (χ1n) is 5.65. The van der Waals surface area contributed by atoms with Crippen molar-refractivity contribution in [1.82, 2.24) is 5.32 Å². The molecule has 0 aliphatic heterocycles. The summed E-state index contributed by atoms with van der Waals surface area (Å²) in [4.78, 5) is 21.7. The monoisotopic (exact) mass is 265 g/mol. The molecule has 1 amide bonds. The van der Waals surface area contributed by atoms with Crippen LogP contribution in [0, 0.1) is 0 Å². The fourth-order valence-electron chi connectivity index (χ4n) is 1.27. The van der Waals surface area contributed by atoms with E-state index in [-0.39, 0.29) is 24.6 Å². The van der Waals surface area contributed by atoms with Gasteiger partial charge < -0.3 is 20.6 Å². The van der Waals surface area contributed by atoms with Gasteiger partial charge >= 0.3 is 5.97 Å². The second kappa shape index (κ2) is 7.17. The number of phenolic OH excluding ortho intramolecular Hbond substituents is 1. The smallest absolute Gasteiger partial charge is 0.332 e. The van der Waals surface area contributed by atoms with Crippen LogP contribution in [-0.4, -0.2) is 39.8 Å². The summed E-state index contributed by atoms with van der Waals surface area (Å²) in [6.45, 7) is 0.0756. The number of rotatable bonds is 6. The standard InChI is InChI=1S/C13H15NO5/c15-10-4-1-9(2-5-10)3-6-12(17)14-8-7-11(16)13(18)19/h1-6,11,15-16H,7-8H2,(H,14,17)(H,18,19)/b6-3+. The summed E-state index contributed by atoms with van der Waals surface area (Å²) in [5, 5.41) is 28.9. The lowest BCUT2D eigenvalue weighted by Crippen LogP contribution is -2.28. The van der Waals surface area contributed by atoms with Crippen molar-refractivity contribution in [3.8, 4) is 5.75 Å². The summed E-state index contributed by atoms with van der Waals surface area (Å²) in [5.74, 6) is -1.55. The molecule has 0 saturated heterocycles. The summed E-state index contributed by atoms with van der Waals surface area (Å²) in [6, 6.07) is 6.29. The summed E-state index contributed by atoms with van der Waals surface area (Å²) in [6.07, 6.45) is 1.33. The van der Waals surface area contributed by atoms with Crippen LogP contribution in [0.2, 0.25) is 0 Å². The number of hydrogen-bond acceptors (Lipinski definition) is 4. The molecule has 1 rings (SSSR count). The predicted octanol–water partition coefficient (Wildman–Crippen LogP) is 0.357. The molecule has 0 aliphatic rings. The van der Waals surface area contributed by atoms with Crippen LogP contribution in [0.1, 0.15) is 12.0 Å². The van der Waals surface area contributed by atoms with Crippen molar-refractivity contribution in [2.75, 3.05) is 6.54 Å². The highest BCUT2D eigenvalue weighted by Gasteiger charge is 2.12. The number of phenols is 1. The molecule has 0 fully saturated rings. The lowest BCUT2D eigenvalue weighted by Gasteiger charge is -2.05. The average molecular weight is 265 g/mol. The van der Waals surface area contributed by atoms with Crippen molar-refractivity contribution < 1.29 is 24.9 Å². The molecule has 1 atom stereocenters. The third kappa shape index (κ3) is 5.69. The molecule has 1 aromatic rings. The van der Waals surface area contributed by atoms with Crippen LogP contribution in [0.5, 0.6) is 5.75 Å². The Morgan fingerprint density at radius 3 is 2.47 bits per heavy atom. The Morgan fingerprint density at radius 2 is 1.89 bits per heavy atom. The quantitative estimate of drug-likeness (QED) is 0.555. The molecule has 1 aromatic carbocycles. The largest absolute Gasteiger partial charge is 0.508 e. The zero-order valence-corrected chi connectivity index (χ0v) is 10.1. The Balaban J connectivity index is 2.35. The molecule has 0 bridgehead atoms. The van der Waals surface area contributed by atoms with E-state index < -0.39 is 12.1 Å². The van der Waals surface area contributed by atoms with Gasteiger partial charge in [-0.25, -0.2) is 4.79 Å². The van der Waals surface area contributed by atoms with Crippen LogP contribution in [0.15, 0.2) is 30.3 Å². The van der Waals surface area contributed by atoms with Crippen LogP contribution in [0.25, 0.3) is 6.08 Å². The van der Waals surface area contributed by atoms with Crippen molar-refractivity contribution in [1.29, 1.82) is 0 Å². The fraction of sp³-hybridized carbons (Fsp3) is 0.231. The molecule has 4 N–H and O–H groups in total. The van der Waals surface area contributed by atoms with Gasteiger partial charge in [0, 0.05) is 19.0 Å². The van der Waals surface area contributed by atoms with E-state index in [0.717, 1.165) is 5.56 Å². The molecule has 0 aromatic heterocycles. The van der Waals surface area contributed by atoms with Crippen LogP contribution in [0.3, 0.4) is 0 Å². The highest BCUT2D eigenvalue weighted by atomic mass is 16.4. The Bertz CT molecular complexity index is 466. The highest BCUT2D eigenvalue weighted by Crippen LogP contribution is 2.10. The zero-order valence-electron chi connectivity index (χ0n) is 10.1. The molecule has 0 heterocycles. The van der Waals surface area contributed by atoms with Gasteiger partial charge in [-0.15, -0.1) is 0 Å². The summed E-state index contributed by atoms with van der Waals surface area (Å²) < 4.78 is 0. The van der Waals surface area contributed by atoms with Gasteiger partial charge in [0.05, 0.1) is 0 Å². The number of carboxylic acids is 1. The molecule has 0 spiro atoms. The van der Waals surface area contributed by atoms with Gasteiger partial charge in [0.15, 0.2) is 6.10 Å². The lowest BCUT2D eigenvalue weighted by molar-refractivity contribution is -0.147. The second-order valence-corrected chi connectivity index (χ2v) is 3.86. The Labute approximate surface area is 110 Å². The Kier molecular flexibility index (Phi) is 5.56. The number of carboxylic acid groups (broad SMARTS) is 1. The van der Waals surface area contributed by atoms with E-state index in [1.165, 1.54) is 18.2 Å². The number of amides is 1. The SMILES string of the molecule is O=C(/C=C/c1ccc(O)cc1)NCCC(O)C(=O)O. The number of aromatic hydroxyl groups is 1. The van der Waals surface area contributed by atoms with Crippen LogP contribution in [0.4, 0.5) is 0 Å². The minimum Gasteiger partial charge on any atom is -0.508 e. The van der Waals surface area contributed by atoms with Gasteiger partial charge in [-0.3, -0.25) is 4.79 Å². The maximum atomic E-state index is 11.4.